The Morgan fingerprint density at radius 1 is 1.08 bits per heavy atom. The summed E-state index contributed by atoms with van der Waals surface area (Å²) < 4.78 is 0. The quantitative estimate of drug-likeness (QED) is 0.743. The van der Waals surface area contributed by atoms with Gasteiger partial charge in [0.1, 0.15) is 5.69 Å². The summed E-state index contributed by atoms with van der Waals surface area (Å²) in [6, 6.07) is 8.31. The fourth-order valence-electron chi connectivity index (χ4n) is 3.29. The molecule has 2 aromatic heterocycles. The fraction of sp³-hybridized carbons (Fsp3) is 0.263. The number of aryl methyl sites for hydroxylation is 2. The Morgan fingerprint density at radius 3 is 2.62 bits per heavy atom. The molecule has 132 valence electrons. The van der Waals surface area contributed by atoms with Gasteiger partial charge in [-0.25, -0.2) is 4.79 Å². The van der Waals surface area contributed by atoms with E-state index in [-0.39, 0.29) is 11.5 Å². The van der Waals surface area contributed by atoms with Crippen molar-refractivity contribution in [1.29, 1.82) is 0 Å². The van der Waals surface area contributed by atoms with Gasteiger partial charge >= 0.3 is 5.69 Å². The van der Waals surface area contributed by atoms with Crippen LogP contribution in [0.5, 0.6) is 0 Å². The van der Waals surface area contributed by atoms with Crippen LogP contribution in [0.2, 0.25) is 5.15 Å². The number of aromatic amines is 2. The molecule has 2 heterocycles. The van der Waals surface area contributed by atoms with Crippen molar-refractivity contribution in [3.8, 4) is 11.3 Å². The molecule has 1 fully saturated rings. The third-order valence-corrected chi connectivity index (χ3v) is 5.31. The number of hydrogen-bond donors (Lipinski definition) is 2. The molecular weight excluding hydrogens is 352 g/mol. The molecule has 1 saturated carbocycles. The van der Waals surface area contributed by atoms with E-state index in [0.717, 1.165) is 12.0 Å². The van der Waals surface area contributed by atoms with Gasteiger partial charge in [0.25, 0.3) is 5.56 Å². The molecule has 1 aliphatic carbocycles. The second-order valence-corrected chi connectivity index (χ2v) is 7.11. The Morgan fingerprint density at radius 2 is 1.88 bits per heavy atom. The summed E-state index contributed by atoms with van der Waals surface area (Å²) in [5.41, 5.74) is 4.31. The highest BCUT2D eigenvalue weighted by Crippen LogP contribution is 2.56. The monoisotopic (exact) mass is 368 g/mol. The molecule has 0 bridgehead atoms. The Kier molecular flexibility index (Phi) is 4.00. The van der Waals surface area contributed by atoms with Crippen molar-refractivity contribution >= 4 is 11.6 Å². The third-order valence-electron chi connectivity index (χ3n) is 5.02. The number of halogens is 1. The standard InChI is InChI=1S/C19H17ClN4O2/c1-9-3-4-11(5-10(9)2)12-6-13(12)14-7-16(23-24-17(14)20)15-8-21-19(26)22-18(15)25/h3-5,7-8,12-13H,6H2,1-2H3,(H2,21,22,25,26)/t12-,13+/m1/s1. The lowest BCUT2D eigenvalue weighted by atomic mass is 10.0. The molecule has 0 unspecified atom stereocenters. The molecule has 1 aromatic carbocycles. The first-order valence-corrected chi connectivity index (χ1v) is 8.74. The lowest BCUT2D eigenvalue weighted by Crippen LogP contribution is -2.23. The van der Waals surface area contributed by atoms with E-state index in [1.54, 1.807) is 6.07 Å². The van der Waals surface area contributed by atoms with Crippen molar-refractivity contribution in [2.45, 2.75) is 32.1 Å². The van der Waals surface area contributed by atoms with Gasteiger partial charge in [0, 0.05) is 6.20 Å². The molecule has 6 nitrogen and oxygen atoms in total. The first-order valence-electron chi connectivity index (χ1n) is 8.36. The van der Waals surface area contributed by atoms with E-state index in [9.17, 15) is 9.59 Å². The number of rotatable bonds is 3. The maximum absolute atomic E-state index is 12.0. The zero-order valence-corrected chi connectivity index (χ0v) is 15.1. The molecule has 4 rings (SSSR count). The van der Waals surface area contributed by atoms with Gasteiger partial charge < -0.3 is 4.98 Å². The number of nitrogens with zero attached hydrogens (tertiary/aromatic N) is 2. The van der Waals surface area contributed by atoms with Crippen molar-refractivity contribution in [3.63, 3.8) is 0 Å². The molecule has 0 amide bonds. The molecule has 2 atom stereocenters. The first kappa shape index (κ1) is 16.7. The molecule has 0 spiro atoms. The van der Waals surface area contributed by atoms with Crippen LogP contribution in [0.4, 0.5) is 0 Å². The van der Waals surface area contributed by atoms with E-state index in [2.05, 4.69) is 52.2 Å². The van der Waals surface area contributed by atoms with Crippen LogP contribution >= 0.6 is 11.6 Å². The maximum atomic E-state index is 12.0. The van der Waals surface area contributed by atoms with E-state index in [1.807, 2.05) is 0 Å². The molecule has 0 radical (unpaired) electrons. The molecule has 3 aromatic rings. The molecule has 0 aliphatic heterocycles. The second-order valence-electron chi connectivity index (χ2n) is 6.75. The molecule has 2 N–H and O–H groups in total. The van der Waals surface area contributed by atoms with Gasteiger partial charge in [-0.15, -0.1) is 10.2 Å². The summed E-state index contributed by atoms with van der Waals surface area (Å²) in [4.78, 5) is 27.8. The van der Waals surface area contributed by atoms with Gasteiger partial charge in [0.05, 0.1) is 5.56 Å². The predicted molar refractivity (Wildman–Crippen MR) is 99.7 cm³/mol. The van der Waals surface area contributed by atoms with Crippen LogP contribution in [0.1, 0.15) is 40.5 Å². The minimum Gasteiger partial charge on any atom is -0.313 e. The van der Waals surface area contributed by atoms with E-state index >= 15 is 0 Å². The van der Waals surface area contributed by atoms with E-state index in [0.29, 0.717) is 16.8 Å². The topological polar surface area (TPSA) is 91.5 Å². The zero-order valence-electron chi connectivity index (χ0n) is 14.3. The Bertz CT molecular complexity index is 1120. The van der Waals surface area contributed by atoms with Crippen molar-refractivity contribution < 1.29 is 0 Å². The van der Waals surface area contributed by atoms with E-state index in [1.165, 1.54) is 22.9 Å². The number of benzene rings is 1. The van der Waals surface area contributed by atoms with E-state index < -0.39 is 11.2 Å². The Hall–Kier alpha value is -2.73. The van der Waals surface area contributed by atoms with Gasteiger partial charge in [-0.3, -0.25) is 9.78 Å². The van der Waals surface area contributed by atoms with Crippen molar-refractivity contribution in [2.75, 3.05) is 0 Å². The van der Waals surface area contributed by atoms with Gasteiger partial charge in [0.2, 0.25) is 0 Å². The van der Waals surface area contributed by atoms with Gasteiger partial charge in [-0.05, 0) is 60.4 Å². The zero-order chi connectivity index (χ0) is 18.4. The van der Waals surface area contributed by atoms with Crippen LogP contribution in [0, 0.1) is 13.8 Å². The predicted octanol–water partition coefficient (Wildman–Crippen LogP) is 3.06. The molecule has 7 heteroatoms. The van der Waals surface area contributed by atoms with Gasteiger partial charge in [-0.2, -0.15) is 0 Å². The Labute approximate surface area is 154 Å². The molecular formula is C19H17ClN4O2. The maximum Gasteiger partial charge on any atom is 0.325 e. The summed E-state index contributed by atoms with van der Waals surface area (Å²) in [5.74, 6) is 0.637. The molecule has 1 aliphatic rings. The largest absolute Gasteiger partial charge is 0.325 e. The number of hydrogen-bond acceptors (Lipinski definition) is 4. The summed E-state index contributed by atoms with van der Waals surface area (Å²) in [6.45, 7) is 4.21. The first-order chi connectivity index (χ1) is 12.4. The number of nitrogens with one attached hydrogen (secondary N) is 2. The molecule has 26 heavy (non-hydrogen) atoms. The lowest BCUT2D eigenvalue weighted by Gasteiger charge is -2.07. The van der Waals surface area contributed by atoms with E-state index in [4.69, 9.17) is 11.6 Å². The average Bonchev–Trinajstić information content (AvgIpc) is 3.39. The fourth-order valence-corrected chi connectivity index (χ4v) is 3.52. The van der Waals surface area contributed by atoms with Crippen LogP contribution in [0.3, 0.4) is 0 Å². The Balaban J connectivity index is 1.69. The summed E-state index contributed by atoms with van der Waals surface area (Å²) in [6.07, 6.45) is 2.33. The summed E-state index contributed by atoms with van der Waals surface area (Å²) >= 11 is 6.28. The minimum atomic E-state index is -0.558. The van der Waals surface area contributed by atoms with Crippen LogP contribution in [-0.4, -0.2) is 20.2 Å². The average molecular weight is 369 g/mol. The summed E-state index contributed by atoms with van der Waals surface area (Å²) in [7, 11) is 0. The van der Waals surface area contributed by atoms with Crippen molar-refractivity contribution in [3.05, 3.63) is 78.7 Å². The van der Waals surface area contributed by atoms with Gasteiger partial charge in [0.15, 0.2) is 5.15 Å². The van der Waals surface area contributed by atoms with Crippen molar-refractivity contribution in [1.82, 2.24) is 20.2 Å². The molecule has 0 saturated heterocycles. The van der Waals surface area contributed by atoms with Crippen LogP contribution in [-0.2, 0) is 0 Å². The van der Waals surface area contributed by atoms with Crippen LogP contribution in [0.25, 0.3) is 11.3 Å². The highest BCUT2D eigenvalue weighted by Gasteiger charge is 2.41. The lowest BCUT2D eigenvalue weighted by molar-refractivity contribution is 0.951. The summed E-state index contributed by atoms with van der Waals surface area (Å²) in [5, 5.41) is 8.37. The van der Waals surface area contributed by atoms with Crippen LogP contribution in [0.15, 0.2) is 40.1 Å². The second kappa shape index (κ2) is 6.21. The third kappa shape index (κ3) is 2.97. The SMILES string of the molecule is Cc1ccc([C@H]2C[C@@H]2c2cc(-c3c[nH]c(=O)[nH]c3=O)nnc2Cl)cc1C. The number of aromatic nitrogens is 4. The smallest absolute Gasteiger partial charge is 0.313 e. The van der Waals surface area contributed by atoms with Gasteiger partial charge in [-0.1, -0.05) is 29.8 Å². The normalized spacial score (nSPS) is 18.7. The highest BCUT2D eigenvalue weighted by molar-refractivity contribution is 6.30. The number of H-pyrrole nitrogens is 2. The minimum absolute atomic E-state index is 0.251. The highest BCUT2D eigenvalue weighted by atomic mass is 35.5. The van der Waals surface area contributed by atoms with Crippen molar-refractivity contribution in [2.24, 2.45) is 0 Å². The van der Waals surface area contributed by atoms with Crippen LogP contribution < -0.4 is 11.2 Å².